The van der Waals surface area contributed by atoms with E-state index in [1.165, 1.54) is 27.2 Å². The van der Waals surface area contributed by atoms with E-state index < -0.39 is 17.6 Å². The van der Waals surface area contributed by atoms with Crippen molar-refractivity contribution in [3.8, 4) is 0 Å². The van der Waals surface area contributed by atoms with E-state index in [4.69, 9.17) is 0 Å². The molecule has 1 aromatic heterocycles. The summed E-state index contributed by atoms with van der Waals surface area (Å²) in [5.41, 5.74) is 1.41. The monoisotopic (exact) mass is 413 g/mol. The number of hydrogen-bond donors (Lipinski definition) is 0. The molecule has 0 N–H and O–H groups in total. The summed E-state index contributed by atoms with van der Waals surface area (Å²) in [6.07, 6.45) is -0.0522. The lowest BCUT2D eigenvalue weighted by molar-refractivity contribution is -0.123. The van der Waals surface area contributed by atoms with Crippen LogP contribution in [0, 0.1) is 24.5 Å². The van der Waals surface area contributed by atoms with Gasteiger partial charge in [-0.25, -0.2) is 13.8 Å². The molecule has 1 atom stereocenters. The van der Waals surface area contributed by atoms with Gasteiger partial charge >= 0.3 is 0 Å². The number of benzene rings is 2. The second kappa shape index (κ2) is 7.71. The fourth-order valence-corrected chi connectivity index (χ4v) is 4.17. The highest BCUT2D eigenvalue weighted by Crippen LogP contribution is 2.34. The van der Waals surface area contributed by atoms with Crippen molar-refractivity contribution in [3.63, 3.8) is 0 Å². The van der Waals surface area contributed by atoms with Crippen LogP contribution in [0.2, 0.25) is 0 Å². The molecule has 29 heavy (non-hydrogen) atoms. The summed E-state index contributed by atoms with van der Waals surface area (Å²) in [7, 11) is 0. The number of carbonyl (C=O) groups is 2. The van der Waals surface area contributed by atoms with E-state index in [0.717, 1.165) is 17.8 Å². The fourth-order valence-electron chi connectivity index (χ4n) is 3.34. The predicted molar refractivity (Wildman–Crippen MR) is 107 cm³/mol. The first-order valence-electron chi connectivity index (χ1n) is 9.00. The van der Waals surface area contributed by atoms with E-state index in [1.807, 2.05) is 30.5 Å². The van der Waals surface area contributed by atoms with E-state index in [0.29, 0.717) is 10.8 Å². The highest BCUT2D eigenvalue weighted by atomic mass is 32.1. The number of anilines is 3. The van der Waals surface area contributed by atoms with Crippen LogP contribution in [0.1, 0.15) is 12.1 Å². The molecule has 2 aromatic carbocycles. The third kappa shape index (κ3) is 3.75. The van der Waals surface area contributed by atoms with E-state index >= 15 is 0 Å². The number of nitrogens with zero attached hydrogens (tertiary/aromatic N) is 3. The van der Waals surface area contributed by atoms with Crippen LogP contribution in [0.3, 0.4) is 0 Å². The molecule has 5 nitrogen and oxygen atoms in total. The van der Waals surface area contributed by atoms with E-state index in [-0.39, 0.29) is 30.5 Å². The van der Waals surface area contributed by atoms with Crippen LogP contribution in [0.5, 0.6) is 0 Å². The summed E-state index contributed by atoms with van der Waals surface area (Å²) in [6.45, 7) is 1.86. The number of halogens is 2. The number of amides is 2. The van der Waals surface area contributed by atoms with E-state index in [2.05, 4.69) is 4.98 Å². The smallest absolute Gasteiger partial charge is 0.238 e. The van der Waals surface area contributed by atoms with Gasteiger partial charge in [0.1, 0.15) is 11.6 Å². The van der Waals surface area contributed by atoms with E-state index in [1.54, 1.807) is 12.1 Å². The number of aromatic nitrogens is 1. The Morgan fingerprint density at radius 1 is 1.21 bits per heavy atom. The number of para-hydroxylation sites is 1. The summed E-state index contributed by atoms with van der Waals surface area (Å²) in [5, 5.41) is 2.36. The second-order valence-corrected chi connectivity index (χ2v) is 7.62. The Hall–Kier alpha value is -3.13. The second-order valence-electron chi connectivity index (χ2n) is 6.78. The first-order valence-corrected chi connectivity index (χ1v) is 9.88. The zero-order valence-electron chi connectivity index (χ0n) is 15.5. The molecule has 1 aliphatic rings. The lowest BCUT2D eigenvalue weighted by Gasteiger charge is -2.23. The molecular weight excluding hydrogens is 396 g/mol. The summed E-state index contributed by atoms with van der Waals surface area (Å²) in [6, 6.07) is 12.1. The summed E-state index contributed by atoms with van der Waals surface area (Å²) in [4.78, 5) is 33.0. The molecule has 4 rings (SSSR count). The average molecular weight is 413 g/mol. The number of thiazole rings is 1. The maximum absolute atomic E-state index is 14.2. The normalized spacial score (nSPS) is 16.3. The Morgan fingerprint density at radius 3 is 2.62 bits per heavy atom. The summed E-state index contributed by atoms with van der Waals surface area (Å²) < 4.78 is 27.4. The van der Waals surface area contributed by atoms with Crippen molar-refractivity contribution in [3.05, 3.63) is 71.2 Å². The minimum atomic E-state index is -0.832. The summed E-state index contributed by atoms with van der Waals surface area (Å²) >= 11 is 1.34. The molecule has 0 radical (unpaired) electrons. The van der Waals surface area contributed by atoms with Crippen LogP contribution in [-0.2, 0) is 9.59 Å². The molecule has 0 spiro atoms. The third-order valence-electron chi connectivity index (χ3n) is 4.71. The lowest BCUT2D eigenvalue weighted by Crippen LogP contribution is -2.34. The van der Waals surface area contributed by atoms with Gasteiger partial charge in [-0.3, -0.25) is 14.5 Å². The van der Waals surface area contributed by atoms with Gasteiger partial charge in [-0.2, -0.15) is 0 Å². The Balaban J connectivity index is 1.64. The van der Waals surface area contributed by atoms with Gasteiger partial charge in [0, 0.05) is 24.4 Å². The van der Waals surface area contributed by atoms with Crippen molar-refractivity contribution >= 4 is 39.7 Å². The van der Waals surface area contributed by atoms with Crippen LogP contribution in [0.4, 0.5) is 25.3 Å². The van der Waals surface area contributed by atoms with Crippen LogP contribution < -0.4 is 9.80 Å². The minimum absolute atomic E-state index is 0.0217. The minimum Gasteiger partial charge on any atom is -0.309 e. The molecule has 0 aliphatic carbocycles. The molecule has 3 aromatic rings. The largest absolute Gasteiger partial charge is 0.309 e. The first kappa shape index (κ1) is 19.2. The molecule has 1 fully saturated rings. The van der Waals surface area contributed by atoms with Crippen LogP contribution >= 0.6 is 11.3 Å². The zero-order chi connectivity index (χ0) is 20.5. The SMILES string of the molecule is Cc1csc(N(C(=O)C2CC(=O)N(c3ccc(F)cc3F)C2)c2ccccc2)n1. The Kier molecular flexibility index (Phi) is 5.10. The van der Waals surface area contributed by atoms with Gasteiger partial charge in [0.15, 0.2) is 5.13 Å². The Morgan fingerprint density at radius 2 is 1.97 bits per heavy atom. The van der Waals surface area contributed by atoms with Gasteiger partial charge in [-0.15, -0.1) is 11.3 Å². The topological polar surface area (TPSA) is 53.5 Å². The van der Waals surface area contributed by atoms with E-state index in [9.17, 15) is 18.4 Å². The molecular formula is C21H17F2N3O2S. The third-order valence-corrected chi connectivity index (χ3v) is 5.65. The van der Waals surface area contributed by atoms with Gasteiger partial charge in [-0.1, -0.05) is 18.2 Å². The molecule has 8 heteroatoms. The molecule has 0 saturated carbocycles. The van der Waals surface area contributed by atoms with Gasteiger partial charge in [-0.05, 0) is 31.2 Å². The highest BCUT2D eigenvalue weighted by molar-refractivity contribution is 7.14. The van der Waals surface area contributed by atoms with Crippen LogP contribution in [0.25, 0.3) is 0 Å². The Labute approximate surface area is 170 Å². The van der Waals surface area contributed by atoms with Gasteiger partial charge in [0.25, 0.3) is 0 Å². The van der Waals surface area contributed by atoms with Crippen LogP contribution in [0.15, 0.2) is 53.9 Å². The van der Waals surface area contributed by atoms with Crippen molar-refractivity contribution in [2.45, 2.75) is 13.3 Å². The van der Waals surface area contributed by atoms with Gasteiger partial charge in [0.05, 0.1) is 23.0 Å². The number of aryl methyl sites for hydroxylation is 1. The van der Waals surface area contributed by atoms with Crippen LogP contribution in [-0.4, -0.2) is 23.3 Å². The average Bonchev–Trinajstić information content (AvgIpc) is 3.29. The van der Waals surface area contributed by atoms with Gasteiger partial charge in [0.2, 0.25) is 11.8 Å². The van der Waals surface area contributed by atoms with Crippen molar-refractivity contribution < 1.29 is 18.4 Å². The number of rotatable bonds is 4. The molecule has 0 bridgehead atoms. The fraction of sp³-hybridized carbons (Fsp3) is 0.190. The molecule has 1 saturated heterocycles. The molecule has 1 aliphatic heterocycles. The number of carbonyl (C=O) groups excluding carboxylic acids is 2. The molecule has 2 heterocycles. The maximum Gasteiger partial charge on any atom is 0.238 e. The lowest BCUT2D eigenvalue weighted by atomic mass is 10.1. The van der Waals surface area contributed by atoms with Crippen molar-refractivity contribution in [1.82, 2.24) is 4.98 Å². The highest BCUT2D eigenvalue weighted by Gasteiger charge is 2.39. The quantitative estimate of drug-likeness (QED) is 0.635. The van der Waals surface area contributed by atoms with Crippen molar-refractivity contribution in [1.29, 1.82) is 0 Å². The maximum atomic E-state index is 14.2. The molecule has 148 valence electrons. The predicted octanol–water partition coefficient (Wildman–Crippen LogP) is 4.45. The number of hydrogen-bond acceptors (Lipinski definition) is 4. The van der Waals surface area contributed by atoms with Crippen molar-refractivity contribution in [2.75, 3.05) is 16.3 Å². The van der Waals surface area contributed by atoms with Gasteiger partial charge < -0.3 is 4.90 Å². The van der Waals surface area contributed by atoms with Crippen molar-refractivity contribution in [2.24, 2.45) is 5.92 Å². The standard InChI is InChI=1S/C21H17F2N3O2S/c1-13-12-29-21(24-13)26(16-5-3-2-4-6-16)20(28)14-9-19(27)25(11-14)18-8-7-15(22)10-17(18)23/h2-8,10,12,14H,9,11H2,1H3. The Bertz CT molecular complexity index is 1070. The zero-order valence-corrected chi connectivity index (χ0v) is 16.3. The molecule has 1 unspecified atom stereocenters. The first-order chi connectivity index (χ1) is 13.9. The molecule has 2 amide bonds. The summed E-state index contributed by atoms with van der Waals surface area (Å²) in [5.74, 6) is -2.89.